The molecule has 1 aliphatic rings. The summed E-state index contributed by atoms with van der Waals surface area (Å²) in [5.41, 5.74) is 1.63. The van der Waals surface area contributed by atoms with Crippen LogP contribution in [0.1, 0.15) is 42.6 Å². The fraction of sp³-hybridized carbons (Fsp3) is 0.421. The molecule has 2 amide bonds. The lowest BCUT2D eigenvalue weighted by Gasteiger charge is -2.27. The Morgan fingerprint density at radius 2 is 2.00 bits per heavy atom. The third-order valence-corrected chi connectivity index (χ3v) is 4.37. The molecule has 2 heterocycles. The topological polar surface area (TPSA) is 67.2 Å². The van der Waals surface area contributed by atoms with Crippen molar-refractivity contribution in [3.63, 3.8) is 0 Å². The van der Waals surface area contributed by atoms with Crippen molar-refractivity contribution in [3.05, 3.63) is 47.7 Å². The fourth-order valence-corrected chi connectivity index (χ4v) is 2.88. The molecule has 0 radical (unpaired) electrons. The first-order valence-corrected chi connectivity index (χ1v) is 8.74. The molecule has 1 N–H and O–H groups in total. The molecule has 1 aliphatic heterocycles. The smallest absolute Gasteiger partial charge is 0.251 e. The molecule has 2 aromatic rings. The predicted octanol–water partition coefficient (Wildman–Crippen LogP) is 2.60. The zero-order valence-corrected chi connectivity index (χ0v) is 14.7. The quantitative estimate of drug-likeness (QED) is 0.879. The number of benzene rings is 1. The van der Waals surface area contributed by atoms with E-state index >= 15 is 0 Å². The Morgan fingerprint density at radius 3 is 2.72 bits per heavy atom. The number of nitrogens with one attached hydrogen (secondary N) is 1. The number of carbonyl (C=O) groups is 2. The van der Waals surface area contributed by atoms with Gasteiger partial charge in [-0.1, -0.05) is 26.0 Å². The van der Waals surface area contributed by atoms with Gasteiger partial charge in [-0.15, -0.1) is 0 Å². The molecule has 3 rings (SSSR count). The number of hydrogen-bond donors (Lipinski definition) is 1. The molecule has 0 aliphatic carbocycles. The van der Waals surface area contributed by atoms with Crippen molar-refractivity contribution < 1.29 is 9.59 Å². The maximum Gasteiger partial charge on any atom is 0.251 e. The minimum Gasteiger partial charge on any atom is -0.352 e. The van der Waals surface area contributed by atoms with Gasteiger partial charge in [0.2, 0.25) is 5.91 Å². The standard InChI is InChI=1S/C19H24N4O2/c1-14(2)7-10-20-19(25)16-5-3-15(4-6-16)13-22-17-8-11-21-23(17)12-9-18(22)24/h3-6,8,11,14H,7,9-10,12-13H2,1-2H3,(H,20,25). The first-order valence-electron chi connectivity index (χ1n) is 8.74. The summed E-state index contributed by atoms with van der Waals surface area (Å²) in [4.78, 5) is 26.1. The van der Waals surface area contributed by atoms with Crippen molar-refractivity contribution in [1.82, 2.24) is 15.1 Å². The molecule has 0 atom stereocenters. The molecule has 0 unspecified atom stereocenters. The predicted molar refractivity (Wildman–Crippen MR) is 96.3 cm³/mol. The number of nitrogens with zero attached hydrogens (tertiary/aromatic N) is 3. The highest BCUT2D eigenvalue weighted by Gasteiger charge is 2.24. The molecule has 132 valence electrons. The van der Waals surface area contributed by atoms with Crippen LogP contribution < -0.4 is 10.2 Å². The van der Waals surface area contributed by atoms with Gasteiger partial charge in [0.05, 0.1) is 19.3 Å². The summed E-state index contributed by atoms with van der Waals surface area (Å²) in [5, 5.41) is 7.16. The lowest BCUT2D eigenvalue weighted by molar-refractivity contribution is -0.119. The largest absolute Gasteiger partial charge is 0.352 e. The summed E-state index contributed by atoms with van der Waals surface area (Å²) in [5.74, 6) is 1.44. The number of anilines is 1. The summed E-state index contributed by atoms with van der Waals surface area (Å²) < 4.78 is 1.85. The Morgan fingerprint density at radius 1 is 1.24 bits per heavy atom. The molecule has 1 aromatic carbocycles. The van der Waals surface area contributed by atoms with Gasteiger partial charge in [-0.2, -0.15) is 5.10 Å². The van der Waals surface area contributed by atoms with Crippen molar-refractivity contribution in [2.24, 2.45) is 5.92 Å². The van der Waals surface area contributed by atoms with E-state index in [4.69, 9.17) is 0 Å². The highest BCUT2D eigenvalue weighted by Crippen LogP contribution is 2.22. The number of carbonyl (C=O) groups excluding carboxylic acids is 2. The number of aromatic nitrogens is 2. The maximum absolute atomic E-state index is 12.2. The van der Waals surface area contributed by atoms with Gasteiger partial charge >= 0.3 is 0 Å². The van der Waals surface area contributed by atoms with E-state index in [1.165, 1.54) is 0 Å². The molecule has 0 saturated heterocycles. The Kier molecular flexibility index (Phi) is 5.16. The highest BCUT2D eigenvalue weighted by atomic mass is 16.2. The minimum absolute atomic E-state index is 0.0562. The maximum atomic E-state index is 12.2. The first-order chi connectivity index (χ1) is 12.0. The Balaban J connectivity index is 1.63. The van der Waals surface area contributed by atoms with E-state index in [1.54, 1.807) is 11.1 Å². The lowest BCUT2D eigenvalue weighted by atomic mass is 10.1. The van der Waals surface area contributed by atoms with Gasteiger partial charge in [0.1, 0.15) is 5.82 Å². The van der Waals surface area contributed by atoms with Crippen LogP contribution in [-0.2, 0) is 17.9 Å². The number of hydrogen-bond acceptors (Lipinski definition) is 3. The molecule has 0 fully saturated rings. The third-order valence-electron chi connectivity index (χ3n) is 4.37. The van der Waals surface area contributed by atoms with E-state index in [9.17, 15) is 9.59 Å². The monoisotopic (exact) mass is 340 g/mol. The number of rotatable bonds is 6. The Hall–Kier alpha value is -2.63. The van der Waals surface area contributed by atoms with Crippen LogP contribution in [0.25, 0.3) is 0 Å². The van der Waals surface area contributed by atoms with Gasteiger partial charge < -0.3 is 5.32 Å². The summed E-state index contributed by atoms with van der Waals surface area (Å²) in [6.45, 7) is 6.07. The van der Waals surface area contributed by atoms with Gasteiger partial charge in [-0.25, -0.2) is 4.68 Å². The van der Waals surface area contributed by atoms with Crippen molar-refractivity contribution in [2.45, 2.75) is 39.8 Å². The number of aryl methyl sites for hydroxylation is 1. The van der Waals surface area contributed by atoms with Crippen molar-refractivity contribution >= 4 is 17.6 Å². The summed E-state index contributed by atoms with van der Waals surface area (Å²) in [7, 11) is 0. The van der Waals surface area contributed by atoms with Crippen LogP contribution in [0.2, 0.25) is 0 Å². The summed E-state index contributed by atoms with van der Waals surface area (Å²) in [6, 6.07) is 9.28. The molecule has 1 aromatic heterocycles. The van der Waals surface area contributed by atoms with Crippen molar-refractivity contribution in [2.75, 3.05) is 11.4 Å². The second-order valence-electron chi connectivity index (χ2n) is 6.78. The second-order valence-corrected chi connectivity index (χ2v) is 6.78. The fourth-order valence-electron chi connectivity index (χ4n) is 2.88. The minimum atomic E-state index is -0.0562. The SMILES string of the molecule is CC(C)CCNC(=O)c1ccc(CN2C(=O)CCn3nccc32)cc1. The van der Waals surface area contributed by atoms with E-state index in [-0.39, 0.29) is 11.8 Å². The zero-order chi connectivity index (χ0) is 17.8. The summed E-state index contributed by atoms with van der Waals surface area (Å²) >= 11 is 0. The van der Waals surface area contributed by atoms with E-state index in [0.29, 0.717) is 37.5 Å². The lowest BCUT2D eigenvalue weighted by Crippen LogP contribution is -2.36. The van der Waals surface area contributed by atoms with Gasteiger partial charge in [0.25, 0.3) is 5.91 Å². The molecule has 0 bridgehead atoms. The molecule has 0 spiro atoms. The van der Waals surface area contributed by atoms with Crippen molar-refractivity contribution in [3.8, 4) is 0 Å². The molecule has 6 nitrogen and oxygen atoms in total. The molecule has 6 heteroatoms. The molecular formula is C19H24N4O2. The van der Waals surface area contributed by atoms with Crippen LogP contribution >= 0.6 is 0 Å². The van der Waals surface area contributed by atoms with Crippen LogP contribution in [0, 0.1) is 5.92 Å². The van der Waals surface area contributed by atoms with E-state index in [2.05, 4.69) is 24.3 Å². The van der Waals surface area contributed by atoms with Crippen LogP contribution in [0.5, 0.6) is 0 Å². The highest BCUT2D eigenvalue weighted by molar-refractivity contribution is 5.95. The number of fused-ring (bicyclic) bond motifs is 1. The van der Waals surface area contributed by atoms with Crippen LogP contribution in [-0.4, -0.2) is 28.1 Å². The van der Waals surface area contributed by atoms with Gasteiger partial charge in [-0.3, -0.25) is 14.5 Å². The van der Waals surface area contributed by atoms with Gasteiger partial charge in [0.15, 0.2) is 0 Å². The normalized spacial score (nSPS) is 13.9. The van der Waals surface area contributed by atoms with E-state index < -0.39 is 0 Å². The molecular weight excluding hydrogens is 316 g/mol. The van der Waals surface area contributed by atoms with E-state index in [0.717, 1.165) is 17.8 Å². The van der Waals surface area contributed by atoms with E-state index in [1.807, 2.05) is 35.0 Å². The Bertz CT molecular complexity index is 749. The molecule has 0 saturated carbocycles. The average molecular weight is 340 g/mol. The number of amides is 2. The Labute approximate surface area is 147 Å². The second kappa shape index (κ2) is 7.51. The van der Waals surface area contributed by atoms with Crippen LogP contribution in [0.3, 0.4) is 0 Å². The van der Waals surface area contributed by atoms with Crippen molar-refractivity contribution in [1.29, 1.82) is 0 Å². The summed E-state index contributed by atoms with van der Waals surface area (Å²) in [6.07, 6.45) is 3.14. The van der Waals surface area contributed by atoms with Gasteiger partial charge in [-0.05, 0) is 30.0 Å². The van der Waals surface area contributed by atoms with Crippen LogP contribution in [0.15, 0.2) is 36.5 Å². The zero-order valence-electron chi connectivity index (χ0n) is 14.7. The van der Waals surface area contributed by atoms with Crippen LogP contribution in [0.4, 0.5) is 5.82 Å². The third kappa shape index (κ3) is 4.07. The average Bonchev–Trinajstić information content (AvgIpc) is 3.06. The first kappa shape index (κ1) is 17.2. The van der Waals surface area contributed by atoms with Gasteiger partial charge in [0, 0.05) is 24.6 Å². The molecule has 25 heavy (non-hydrogen) atoms.